The normalized spacial score (nSPS) is 37.6. The summed E-state index contributed by atoms with van der Waals surface area (Å²) in [6.45, 7) is 1.70. The summed E-state index contributed by atoms with van der Waals surface area (Å²) in [5, 5.41) is 32.6. The van der Waals surface area contributed by atoms with Crippen molar-refractivity contribution in [1.29, 1.82) is 0 Å². The molecule has 5 aliphatic rings. The fraction of sp³-hybridized carbons (Fsp3) is 0.552. The van der Waals surface area contributed by atoms with E-state index < -0.39 is 66.4 Å². The maximum absolute atomic E-state index is 13.6. The molecule has 43 heavy (non-hydrogen) atoms. The van der Waals surface area contributed by atoms with E-state index in [2.05, 4.69) is 0 Å². The SMILES string of the molecule is COc1cc(C2c3cc4c(cc3C(OC3OC5COC(C)OC5C(O)C3O)C3COC(=O)C23N)OCO4)cc(OC)c1O. The molecule has 7 rings (SSSR count). The minimum atomic E-state index is -1.69. The van der Waals surface area contributed by atoms with Gasteiger partial charge in [0.05, 0.1) is 39.5 Å². The second-order valence-electron chi connectivity index (χ2n) is 11.3. The van der Waals surface area contributed by atoms with Crippen LogP contribution in [-0.2, 0) is 28.5 Å². The van der Waals surface area contributed by atoms with Gasteiger partial charge in [-0.1, -0.05) is 0 Å². The van der Waals surface area contributed by atoms with Gasteiger partial charge in [0.25, 0.3) is 0 Å². The third kappa shape index (κ3) is 4.23. The van der Waals surface area contributed by atoms with Crippen LogP contribution in [0.1, 0.15) is 35.6 Å². The number of aromatic hydroxyl groups is 1. The Morgan fingerprint density at radius 1 is 0.930 bits per heavy atom. The number of aliphatic hydroxyl groups is 2. The number of benzene rings is 2. The molecule has 0 aromatic heterocycles. The lowest BCUT2D eigenvalue weighted by Crippen LogP contribution is -2.64. The highest BCUT2D eigenvalue weighted by atomic mass is 16.8. The fourth-order valence-corrected chi connectivity index (χ4v) is 6.85. The predicted octanol–water partition coefficient (Wildman–Crippen LogP) is 0.420. The lowest BCUT2D eigenvalue weighted by Gasteiger charge is -2.49. The van der Waals surface area contributed by atoms with Gasteiger partial charge in [-0.2, -0.15) is 0 Å². The Bertz CT molecular complexity index is 1410. The summed E-state index contributed by atoms with van der Waals surface area (Å²) >= 11 is 0. The first-order valence-corrected chi connectivity index (χ1v) is 13.9. The van der Waals surface area contributed by atoms with Crippen LogP contribution in [0.4, 0.5) is 0 Å². The Kier molecular flexibility index (Phi) is 6.85. The number of methoxy groups -OCH3 is 2. The van der Waals surface area contributed by atoms with Crippen molar-refractivity contribution in [3.63, 3.8) is 0 Å². The van der Waals surface area contributed by atoms with Crippen molar-refractivity contribution in [1.82, 2.24) is 0 Å². The third-order valence-electron chi connectivity index (χ3n) is 9.00. The molecule has 0 saturated carbocycles. The first-order valence-electron chi connectivity index (χ1n) is 13.9. The standard InChI is InChI=1S/C29H33NO13/c1-11-37-9-20-26(41-11)23(32)24(33)27(42-20)43-25-14-7-17-16(39-10-40-17)6-13(14)21(29(30)15(25)8-38-28(29)34)12-4-18(35-2)22(31)19(5-12)36-3/h4-7,11,15,20-21,23-27,31-33H,8-10,30H2,1-3H3. The summed E-state index contributed by atoms with van der Waals surface area (Å²) in [4.78, 5) is 13.6. The lowest BCUT2D eigenvalue weighted by atomic mass is 9.61. The number of rotatable bonds is 5. The highest BCUT2D eigenvalue weighted by molar-refractivity contribution is 5.87. The zero-order valence-electron chi connectivity index (χ0n) is 23.6. The van der Waals surface area contributed by atoms with Gasteiger partial charge in [-0.3, -0.25) is 4.79 Å². The van der Waals surface area contributed by atoms with E-state index in [1.165, 1.54) is 14.2 Å². The molecule has 1 aliphatic carbocycles. The average Bonchev–Trinajstić information content (AvgIpc) is 3.58. The van der Waals surface area contributed by atoms with Gasteiger partial charge >= 0.3 is 5.97 Å². The number of carbonyl (C=O) groups excluding carboxylic acids is 1. The zero-order chi connectivity index (χ0) is 30.2. The quantitative estimate of drug-likeness (QED) is 0.344. The van der Waals surface area contributed by atoms with Crippen LogP contribution in [0.5, 0.6) is 28.7 Å². The Morgan fingerprint density at radius 3 is 2.28 bits per heavy atom. The van der Waals surface area contributed by atoms with Crippen molar-refractivity contribution in [2.75, 3.05) is 34.2 Å². The van der Waals surface area contributed by atoms with E-state index in [1.54, 1.807) is 31.2 Å². The minimum Gasteiger partial charge on any atom is -0.502 e. The molecule has 4 aliphatic heterocycles. The largest absolute Gasteiger partial charge is 0.502 e. The van der Waals surface area contributed by atoms with E-state index in [1.807, 2.05) is 0 Å². The molecule has 2 aromatic rings. The molecule has 0 bridgehead atoms. The zero-order valence-corrected chi connectivity index (χ0v) is 23.6. The number of fused-ring (bicyclic) bond motifs is 4. The smallest absolute Gasteiger partial charge is 0.327 e. The van der Waals surface area contributed by atoms with Crippen molar-refractivity contribution < 1.29 is 62.7 Å². The summed E-state index contributed by atoms with van der Waals surface area (Å²) in [7, 11) is 2.80. The number of hydrogen-bond donors (Lipinski definition) is 4. The number of cyclic esters (lactones) is 1. The predicted molar refractivity (Wildman–Crippen MR) is 142 cm³/mol. The maximum Gasteiger partial charge on any atom is 0.327 e. The minimum absolute atomic E-state index is 0.00730. The van der Waals surface area contributed by atoms with E-state index in [0.717, 1.165) is 0 Å². The number of nitrogens with two attached hydrogens (primary N) is 1. The summed E-state index contributed by atoms with van der Waals surface area (Å²) in [6, 6.07) is 6.65. The van der Waals surface area contributed by atoms with E-state index in [-0.39, 0.29) is 37.3 Å². The Balaban J connectivity index is 1.35. The summed E-state index contributed by atoms with van der Waals surface area (Å²) in [5.41, 5.74) is 7.04. The van der Waals surface area contributed by atoms with Crippen LogP contribution in [0.2, 0.25) is 0 Å². The van der Waals surface area contributed by atoms with E-state index in [0.29, 0.717) is 28.2 Å². The molecule has 4 heterocycles. The molecule has 0 amide bonds. The molecule has 5 N–H and O–H groups in total. The van der Waals surface area contributed by atoms with Crippen LogP contribution in [0.25, 0.3) is 0 Å². The molecule has 3 saturated heterocycles. The summed E-state index contributed by atoms with van der Waals surface area (Å²) in [6.07, 6.45) is -7.21. The number of ether oxygens (including phenoxy) is 9. The van der Waals surface area contributed by atoms with Gasteiger partial charge in [0.15, 0.2) is 35.6 Å². The summed E-state index contributed by atoms with van der Waals surface area (Å²) in [5.74, 6) is -1.37. The van der Waals surface area contributed by atoms with Crippen molar-refractivity contribution in [3.8, 4) is 28.7 Å². The topological polar surface area (TPSA) is 187 Å². The molecule has 0 radical (unpaired) electrons. The van der Waals surface area contributed by atoms with Crippen molar-refractivity contribution in [2.24, 2.45) is 11.7 Å². The van der Waals surface area contributed by atoms with Crippen LogP contribution in [0, 0.1) is 5.92 Å². The highest BCUT2D eigenvalue weighted by Crippen LogP contribution is 2.58. The van der Waals surface area contributed by atoms with Gasteiger partial charge in [-0.15, -0.1) is 0 Å². The van der Waals surface area contributed by atoms with Gasteiger partial charge in [-0.05, 0) is 47.9 Å². The maximum atomic E-state index is 13.6. The van der Waals surface area contributed by atoms with Crippen LogP contribution in [-0.4, -0.2) is 98.1 Å². The Morgan fingerprint density at radius 2 is 1.60 bits per heavy atom. The number of phenols is 1. The number of carbonyl (C=O) groups is 1. The number of aliphatic hydroxyl groups excluding tert-OH is 2. The fourth-order valence-electron chi connectivity index (χ4n) is 6.85. The average molecular weight is 604 g/mol. The molecule has 2 aromatic carbocycles. The monoisotopic (exact) mass is 603 g/mol. The second-order valence-corrected chi connectivity index (χ2v) is 11.3. The van der Waals surface area contributed by atoms with Gasteiger partial charge in [0.2, 0.25) is 12.5 Å². The molecule has 14 nitrogen and oxygen atoms in total. The van der Waals surface area contributed by atoms with E-state index >= 15 is 0 Å². The first-order chi connectivity index (χ1) is 20.6. The number of phenolic OH excluding ortho intramolecular Hbond substituents is 1. The molecular formula is C29H33NO13. The molecule has 232 valence electrons. The molecular weight excluding hydrogens is 570 g/mol. The summed E-state index contributed by atoms with van der Waals surface area (Å²) < 4.78 is 51.4. The van der Waals surface area contributed by atoms with Crippen LogP contribution < -0.4 is 24.7 Å². The van der Waals surface area contributed by atoms with E-state index in [9.17, 15) is 20.1 Å². The van der Waals surface area contributed by atoms with Gasteiger partial charge in [0.1, 0.15) is 30.0 Å². The van der Waals surface area contributed by atoms with Crippen LogP contribution in [0.3, 0.4) is 0 Å². The van der Waals surface area contributed by atoms with Gasteiger partial charge in [-0.25, -0.2) is 0 Å². The molecule has 0 spiro atoms. The van der Waals surface area contributed by atoms with Crippen molar-refractivity contribution >= 4 is 5.97 Å². The lowest BCUT2D eigenvalue weighted by molar-refractivity contribution is -0.364. The van der Waals surface area contributed by atoms with Gasteiger partial charge < -0.3 is 63.7 Å². The number of hydrogen-bond acceptors (Lipinski definition) is 14. The van der Waals surface area contributed by atoms with Crippen molar-refractivity contribution in [3.05, 3.63) is 41.0 Å². The van der Waals surface area contributed by atoms with Crippen LogP contribution in [0.15, 0.2) is 24.3 Å². The van der Waals surface area contributed by atoms with Crippen LogP contribution >= 0.6 is 0 Å². The Hall–Kier alpha value is -3.37. The van der Waals surface area contributed by atoms with Crippen molar-refractivity contribution in [2.45, 2.75) is 61.5 Å². The Labute approximate surface area is 246 Å². The number of esters is 1. The second kappa shape index (κ2) is 10.4. The third-order valence-corrected chi connectivity index (χ3v) is 9.00. The molecule has 10 unspecified atom stereocenters. The highest BCUT2D eigenvalue weighted by Gasteiger charge is 2.63. The first kappa shape index (κ1) is 28.4. The molecule has 3 fully saturated rings. The molecule has 14 heteroatoms. The van der Waals surface area contributed by atoms with E-state index in [4.69, 9.17) is 48.4 Å². The molecule has 10 atom stereocenters. The van der Waals surface area contributed by atoms with Gasteiger partial charge in [0, 0.05) is 5.92 Å².